The molecule has 1 unspecified atom stereocenters. The molecule has 6 nitrogen and oxygen atoms in total. The third-order valence-corrected chi connectivity index (χ3v) is 3.02. The van der Waals surface area contributed by atoms with Gasteiger partial charge in [-0.05, 0) is 12.5 Å². The zero-order valence-corrected chi connectivity index (χ0v) is 11.9. The van der Waals surface area contributed by atoms with E-state index in [2.05, 4.69) is 10.5 Å². The Bertz CT molecular complexity index is 528. The van der Waals surface area contributed by atoms with Crippen molar-refractivity contribution in [3.63, 3.8) is 0 Å². The van der Waals surface area contributed by atoms with E-state index in [4.69, 9.17) is 9.57 Å². The standard InChI is InChI=1S/C15H18N2O4/c1-2-20-14(18)8-9-16-15(19)12-10-13(21-17-12)11-6-4-3-5-7-11/h3-7,13H,2,8-10H2,1H3,(H,16,19). The molecule has 6 heteroatoms. The minimum atomic E-state index is -0.329. The summed E-state index contributed by atoms with van der Waals surface area (Å²) in [6.07, 6.45) is 0.349. The summed E-state index contributed by atoms with van der Waals surface area (Å²) >= 11 is 0. The fourth-order valence-electron chi connectivity index (χ4n) is 1.97. The lowest BCUT2D eigenvalue weighted by Gasteiger charge is -2.07. The van der Waals surface area contributed by atoms with E-state index in [9.17, 15) is 9.59 Å². The molecule has 0 bridgehead atoms. The van der Waals surface area contributed by atoms with Crippen LogP contribution in [-0.2, 0) is 19.2 Å². The first-order valence-electron chi connectivity index (χ1n) is 6.92. The summed E-state index contributed by atoms with van der Waals surface area (Å²) in [5.74, 6) is -0.637. The molecule has 0 saturated heterocycles. The van der Waals surface area contributed by atoms with Crippen molar-refractivity contribution in [3.05, 3.63) is 35.9 Å². The van der Waals surface area contributed by atoms with Crippen molar-refractivity contribution in [1.82, 2.24) is 5.32 Å². The number of carbonyl (C=O) groups excluding carboxylic acids is 2. The zero-order valence-electron chi connectivity index (χ0n) is 11.9. The SMILES string of the molecule is CCOC(=O)CCNC(=O)C1=NOC(c2ccccc2)C1. The van der Waals surface area contributed by atoms with Gasteiger partial charge in [-0.2, -0.15) is 0 Å². The number of amides is 1. The Hall–Kier alpha value is -2.37. The summed E-state index contributed by atoms with van der Waals surface area (Å²) in [5, 5.41) is 6.45. The van der Waals surface area contributed by atoms with Crippen LogP contribution in [-0.4, -0.2) is 30.7 Å². The maximum Gasteiger partial charge on any atom is 0.307 e. The molecule has 1 N–H and O–H groups in total. The lowest BCUT2D eigenvalue weighted by molar-refractivity contribution is -0.142. The first kappa shape index (κ1) is 15.0. The van der Waals surface area contributed by atoms with Crippen LogP contribution in [0.5, 0.6) is 0 Å². The van der Waals surface area contributed by atoms with Gasteiger partial charge in [-0.1, -0.05) is 35.5 Å². The number of nitrogens with zero attached hydrogens (tertiary/aromatic N) is 1. The molecule has 0 spiro atoms. The van der Waals surface area contributed by atoms with Crippen LogP contribution in [0, 0.1) is 0 Å². The van der Waals surface area contributed by atoms with Crippen molar-refractivity contribution < 1.29 is 19.2 Å². The molecule has 1 amide bonds. The van der Waals surface area contributed by atoms with E-state index in [1.54, 1.807) is 6.92 Å². The molecule has 112 valence electrons. The molecule has 1 aromatic carbocycles. The molecule has 1 heterocycles. The van der Waals surface area contributed by atoms with Crippen LogP contribution >= 0.6 is 0 Å². The van der Waals surface area contributed by atoms with Gasteiger partial charge in [-0.25, -0.2) is 0 Å². The number of rotatable bonds is 6. The van der Waals surface area contributed by atoms with Gasteiger partial charge in [0.05, 0.1) is 13.0 Å². The van der Waals surface area contributed by atoms with E-state index in [1.165, 1.54) is 0 Å². The van der Waals surface area contributed by atoms with Crippen molar-refractivity contribution in [3.8, 4) is 0 Å². The summed E-state index contributed by atoms with van der Waals surface area (Å²) in [7, 11) is 0. The number of esters is 1. The van der Waals surface area contributed by atoms with E-state index in [-0.39, 0.29) is 30.9 Å². The summed E-state index contributed by atoms with van der Waals surface area (Å²) in [4.78, 5) is 28.3. The molecule has 1 aliphatic rings. The predicted octanol–water partition coefficient (Wildman–Crippen LogP) is 1.57. The van der Waals surface area contributed by atoms with Gasteiger partial charge in [0.15, 0.2) is 6.10 Å². The Kier molecular flexibility index (Phi) is 5.31. The van der Waals surface area contributed by atoms with Crippen LogP contribution in [0.15, 0.2) is 35.5 Å². The molecular weight excluding hydrogens is 272 g/mol. The second-order valence-electron chi connectivity index (χ2n) is 4.56. The lowest BCUT2D eigenvalue weighted by Crippen LogP contribution is -2.32. The summed E-state index contributed by atoms with van der Waals surface area (Å²) < 4.78 is 4.78. The smallest absolute Gasteiger partial charge is 0.307 e. The second-order valence-corrected chi connectivity index (χ2v) is 4.56. The average molecular weight is 290 g/mol. The lowest BCUT2D eigenvalue weighted by atomic mass is 10.0. The van der Waals surface area contributed by atoms with Crippen LogP contribution in [0.4, 0.5) is 0 Å². The van der Waals surface area contributed by atoms with Gasteiger partial charge < -0.3 is 14.9 Å². The van der Waals surface area contributed by atoms with Gasteiger partial charge >= 0.3 is 5.97 Å². The van der Waals surface area contributed by atoms with E-state index in [1.807, 2.05) is 30.3 Å². The normalized spacial score (nSPS) is 16.8. The van der Waals surface area contributed by atoms with Crippen LogP contribution in [0.3, 0.4) is 0 Å². The molecule has 0 aliphatic carbocycles. The maximum absolute atomic E-state index is 11.9. The molecule has 1 aromatic rings. The third-order valence-electron chi connectivity index (χ3n) is 3.02. The molecule has 0 aromatic heterocycles. The van der Waals surface area contributed by atoms with Gasteiger partial charge in [-0.3, -0.25) is 9.59 Å². The molecule has 1 atom stereocenters. The van der Waals surface area contributed by atoms with Gasteiger partial charge in [0.25, 0.3) is 5.91 Å². The molecular formula is C15H18N2O4. The minimum Gasteiger partial charge on any atom is -0.466 e. The number of oxime groups is 1. The van der Waals surface area contributed by atoms with Gasteiger partial charge in [0.2, 0.25) is 0 Å². The van der Waals surface area contributed by atoms with E-state index >= 15 is 0 Å². The Balaban J connectivity index is 1.76. The fourth-order valence-corrected chi connectivity index (χ4v) is 1.97. The van der Waals surface area contributed by atoms with Crippen molar-refractivity contribution >= 4 is 17.6 Å². The van der Waals surface area contributed by atoms with Crippen LogP contribution in [0.25, 0.3) is 0 Å². The topological polar surface area (TPSA) is 77.0 Å². The summed E-state index contributed by atoms with van der Waals surface area (Å²) in [5.41, 5.74) is 1.32. The second kappa shape index (κ2) is 7.42. The van der Waals surface area contributed by atoms with E-state index in [0.717, 1.165) is 5.56 Å². The largest absolute Gasteiger partial charge is 0.466 e. The minimum absolute atomic E-state index is 0.149. The highest BCUT2D eigenvalue weighted by atomic mass is 16.6. The van der Waals surface area contributed by atoms with Gasteiger partial charge in [0.1, 0.15) is 5.71 Å². The number of nitrogens with one attached hydrogen (secondary N) is 1. The van der Waals surface area contributed by atoms with Crippen LogP contribution in [0.1, 0.15) is 31.4 Å². The molecule has 0 fully saturated rings. The van der Waals surface area contributed by atoms with Crippen molar-refractivity contribution in [2.75, 3.05) is 13.2 Å². The number of ether oxygens (including phenoxy) is 1. The maximum atomic E-state index is 11.9. The Morgan fingerprint density at radius 2 is 2.14 bits per heavy atom. The molecule has 1 aliphatic heterocycles. The molecule has 0 saturated carbocycles. The van der Waals surface area contributed by atoms with Crippen molar-refractivity contribution in [2.24, 2.45) is 5.16 Å². The molecule has 0 radical (unpaired) electrons. The van der Waals surface area contributed by atoms with E-state index < -0.39 is 0 Å². The molecule has 2 rings (SSSR count). The quantitative estimate of drug-likeness (QED) is 0.807. The monoisotopic (exact) mass is 290 g/mol. The Morgan fingerprint density at radius 1 is 1.38 bits per heavy atom. The summed E-state index contributed by atoms with van der Waals surface area (Å²) in [6.45, 7) is 2.31. The predicted molar refractivity (Wildman–Crippen MR) is 76.6 cm³/mol. The summed E-state index contributed by atoms with van der Waals surface area (Å²) in [6, 6.07) is 9.61. The number of benzene rings is 1. The first-order chi connectivity index (χ1) is 10.2. The molecule has 21 heavy (non-hydrogen) atoms. The highest BCUT2D eigenvalue weighted by Crippen LogP contribution is 2.26. The number of carbonyl (C=O) groups is 2. The number of hydrogen-bond acceptors (Lipinski definition) is 5. The van der Waals surface area contributed by atoms with E-state index in [0.29, 0.717) is 18.7 Å². The van der Waals surface area contributed by atoms with Crippen LogP contribution in [0.2, 0.25) is 0 Å². The third kappa shape index (κ3) is 4.30. The average Bonchev–Trinajstić information content (AvgIpc) is 2.98. The Morgan fingerprint density at radius 3 is 2.86 bits per heavy atom. The van der Waals surface area contributed by atoms with Crippen LogP contribution < -0.4 is 5.32 Å². The highest BCUT2D eigenvalue weighted by molar-refractivity contribution is 6.39. The van der Waals surface area contributed by atoms with Crippen molar-refractivity contribution in [2.45, 2.75) is 25.9 Å². The first-order valence-corrected chi connectivity index (χ1v) is 6.92. The fraction of sp³-hybridized carbons (Fsp3) is 0.400. The van der Waals surface area contributed by atoms with Gasteiger partial charge in [0, 0.05) is 13.0 Å². The number of hydrogen-bond donors (Lipinski definition) is 1. The Labute approximate surface area is 123 Å². The zero-order chi connectivity index (χ0) is 15.1. The highest BCUT2D eigenvalue weighted by Gasteiger charge is 2.27. The van der Waals surface area contributed by atoms with Gasteiger partial charge in [-0.15, -0.1) is 0 Å². The van der Waals surface area contributed by atoms with Crippen molar-refractivity contribution in [1.29, 1.82) is 0 Å².